The Bertz CT molecular complexity index is 1210. The lowest BCUT2D eigenvalue weighted by Gasteiger charge is -2.48. The largest absolute Gasteiger partial charge is 0.358 e. The number of piperazine rings is 1. The molecule has 2 saturated heterocycles. The minimum absolute atomic E-state index is 0.0491. The fourth-order valence-corrected chi connectivity index (χ4v) is 6.50. The van der Waals surface area contributed by atoms with Crippen LogP contribution in [0.25, 0.3) is 0 Å². The van der Waals surface area contributed by atoms with E-state index in [1.54, 1.807) is 13.2 Å². The highest BCUT2D eigenvalue weighted by Crippen LogP contribution is 2.31. The zero-order valence-corrected chi connectivity index (χ0v) is 24.1. The van der Waals surface area contributed by atoms with E-state index in [0.717, 1.165) is 75.2 Å². The van der Waals surface area contributed by atoms with Gasteiger partial charge < -0.3 is 10.2 Å². The summed E-state index contributed by atoms with van der Waals surface area (Å²) in [5, 5.41) is 2.87. The van der Waals surface area contributed by atoms with E-state index < -0.39 is 10.0 Å². The van der Waals surface area contributed by atoms with Gasteiger partial charge >= 0.3 is 0 Å². The summed E-state index contributed by atoms with van der Waals surface area (Å²) in [6.45, 7) is 10.8. The first-order valence-corrected chi connectivity index (χ1v) is 15.5. The van der Waals surface area contributed by atoms with Crippen molar-refractivity contribution in [3.05, 3.63) is 53.2 Å². The van der Waals surface area contributed by atoms with Crippen molar-refractivity contribution in [3.8, 4) is 0 Å². The molecule has 4 rings (SSSR count). The average molecular weight is 543 g/mol. The maximum absolute atomic E-state index is 12.9. The van der Waals surface area contributed by atoms with E-state index >= 15 is 0 Å². The monoisotopic (exact) mass is 542 g/mol. The van der Waals surface area contributed by atoms with Crippen LogP contribution >= 0.6 is 0 Å². The first-order valence-electron chi connectivity index (χ1n) is 13.6. The van der Waals surface area contributed by atoms with Gasteiger partial charge in [0.05, 0.1) is 18.1 Å². The molecule has 38 heavy (non-hydrogen) atoms. The molecule has 2 aliphatic heterocycles. The Labute approximate surface area is 227 Å². The summed E-state index contributed by atoms with van der Waals surface area (Å²) in [5.74, 6) is 0.969. The maximum Gasteiger partial charge on any atom is 0.241 e. The number of anilines is 2. The van der Waals surface area contributed by atoms with E-state index in [2.05, 4.69) is 67.8 Å². The van der Waals surface area contributed by atoms with Gasteiger partial charge in [-0.2, -0.15) is 0 Å². The highest BCUT2D eigenvalue weighted by atomic mass is 32.2. The predicted molar refractivity (Wildman–Crippen MR) is 153 cm³/mol. The number of piperidine rings is 1. The number of amides is 1. The van der Waals surface area contributed by atoms with E-state index in [4.69, 9.17) is 0 Å². The number of nitrogens with one attached hydrogen (secondary N) is 2. The fraction of sp³-hybridized carbons (Fsp3) is 0.571. The summed E-state index contributed by atoms with van der Waals surface area (Å²) in [5.41, 5.74) is 3.70. The zero-order valence-electron chi connectivity index (χ0n) is 23.3. The smallest absolute Gasteiger partial charge is 0.241 e. The minimum Gasteiger partial charge on any atom is -0.358 e. The van der Waals surface area contributed by atoms with Crippen LogP contribution in [0.1, 0.15) is 48.9 Å². The third-order valence-corrected chi connectivity index (χ3v) is 8.48. The number of carbonyl (C=O) groups excluding carboxylic acids is 1. The molecule has 1 aromatic heterocycles. The molecule has 2 aliphatic rings. The molecule has 208 valence electrons. The lowest BCUT2D eigenvalue weighted by molar-refractivity contribution is -0.127. The van der Waals surface area contributed by atoms with Gasteiger partial charge in [0.25, 0.3) is 0 Å². The number of pyridine rings is 1. The van der Waals surface area contributed by atoms with Crippen molar-refractivity contribution in [1.29, 1.82) is 0 Å². The van der Waals surface area contributed by atoms with Crippen molar-refractivity contribution in [2.24, 2.45) is 0 Å². The van der Waals surface area contributed by atoms with E-state index in [-0.39, 0.29) is 11.9 Å². The van der Waals surface area contributed by atoms with E-state index in [1.807, 2.05) is 13.0 Å². The first-order chi connectivity index (χ1) is 18.1. The molecule has 9 nitrogen and oxygen atoms in total. The van der Waals surface area contributed by atoms with Crippen LogP contribution in [-0.2, 0) is 14.8 Å². The van der Waals surface area contributed by atoms with Crippen molar-refractivity contribution in [2.45, 2.75) is 58.2 Å². The van der Waals surface area contributed by atoms with Gasteiger partial charge in [0, 0.05) is 51.9 Å². The summed E-state index contributed by atoms with van der Waals surface area (Å²) in [6.07, 6.45) is 5.88. The molecule has 2 atom stereocenters. The predicted octanol–water partition coefficient (Wildman–Crippen LogP) is 2.92. The Balaban J connectivity index is 1.40. The van der Waals surface area contributed by atoms with Gasteiger partial charge in [0.2, 0.25) is 15.9 Å². The molecular formula is C28H42N6O3S. The standard InChI is InChI=1S/C28H42N6O3S/c1-6-24-19-33(27-21(3)17-23(18-30-27)31-38(5,36)37)15-16-34(24)25-11-13-32(14-12-25)26(28(35)29-4)22-9-7-20(2)8-10-22/h7-10,17-18,24-26,31H,6,11-16,19H2,1-5H3,(H,29,35)/t24?,26-/m1/s1. The molecule has 0 aliphatic carbocycles. The Kier molecular flexibility index (Phi) is 8.95. The van der Waals surface area contributed by atoms with Gasteiger partial charge in [-0.1, -0.05) is 36.8 Å². The third kappa shape index (κ3) is 6.65. The highest BCUT2D eigenvalue weighted by molar-refractivity contribution is 7.92. The highest BCUT2D eigenvalue weighted by Gasteiger charge is 2.36. The molecule has 2 aromatic rings. The second-order valence-electron chi connectivity index (χ2n) is 10.7. The van der Waals surface area contributed by atoms with Crippen molar-refractivity contribution in [3.63, 3.8) is 0 Å². The number of rotatable bonds is 8. The molecule has 0 spiro atoms. The lowest BCUT2D eigenvalue weighted by Crippen LogP contribution is -2.59. The number of hydrogen-bond donors (Lipinski definition) is 2. The van der Waals surface area contributed by atoms with E-state index in [1.165, 1.54) is 5.56 Å². The molecule has 2 N–H and O–H groups in total. The van der Waals surface area contributed by atoms with Crippen molar-refractivity contribution in [1.82, 2.24) is 20.1 Å². The number of benzene rings is 1. The number of carbonyl (C=O) groups is 1. The molecular weight excluding hydrogens is 500 g/mol. The Morgan fingerprint density at radius 1 is 1.11 bits per heavy atom. The van der Waals surface area contributed by atoms with Gasteiger partial charge in [-0.3, -0.25) is 19.3 Å². The number of hydrogen-bond acceptors (Lipinski definition) is 7. The van der Waals surface area contributed by atoms with E-state index in [0.29, 0.717) is 17.8 Å². The number of likely N-dealkylation sites (N-methyl/N-ethyl adjacent to an activating group) is 1. The molecule has 3 heterocycles. The van der Waals surface area contributed by atoms with Crippen LogP contribution in [-0.4, -0.2) is 87.2 Å². The average Bonchev–Trinajstić information content (AvgIpc) is 2.89. The minimum atomic E-state index is -3.33. The number of nitrogens with zero attached hydrogens (tertiary/aromatic N) is 4. The molecule has 0 bridgehead atoms. The van der Waals surface area contributed by atoms with Crippen LogP contribution in [0.5, 0.6) is 0 Å². The quantitative estimate of drug-likeness (QED) is 0.529. The summed E-state index contributed by atoms with van der Waals surface area (Å²) >= 11 is 0. The second kappa shape index (κ2) is 12.0. The van der Waals surface area contributed by atoms with Gasteiger partial charge in [-0.05, 0) is 50.3 Å². The molecule has 10 heteroatoms. The van der Waals surface area contributed by atoms with Crippen LogP contribution in [0.15, 0.2) is 36.5 Å². The van der Waals surface area contributed by atoms with Crippen molar-refractivity contribution < 1.29 is 13.2 Å². The normalized spacial score (nSPS) is 20.8. The van der Waals surface area contributed by atoms with E-state index in [9.17, 15) is 13.2 Å². The Hall–Kier alpha value is -2.69. The molecule has 2 fully saturated rings. The maximum atomic E-state index is 12.9. The molecule has 1 aromatic carbocycles. The zero-order chi connectivity index (χ0) is 27.4. The first kappa shape index (κ1) is 28.3. The second-order valence-corrected chi connectivity index (χ2v) is 12.4. The fourth-order valence-electron chi connectivity index (χ4n) is 5.96. The number of likely N-dealkylation sites (tertiary alicyclic amines) is 1. The van der Waals surface area contributed by atoms with Gasteiger partial charge in [0.1, 0.15) is 11.9 Å². The summed E-state index contributed by atoms with van der Waals surface area (Å²) in [4.78, 5) is 24.8. The van der Waals surface area contributed by atoms with Gasteiger partial charge in [-0.25, -0.2) is 13.4 Å². The number of sulfonamides is 1. The number of aryl methyl sites for hydroxylation is 2. The third-order valence-electron chi connectivity index (χ3n) is 7.87. The van der Waals surface area contributed by atoms with Crippen LogP contribution < -0.4 is 14.9 Å². The molecule has 1 unspecified atom stereocenters. The summed E-state index contributed by atoms with van der Waals surface area (Å²) in [6, 6.07) is 10.8. The van der Waals surface area contributed by atoms with Crippen LogP contribution in [0, 0.1) is 13.8 Å². The van der Waals surface area contributed by atoms with Crippen molar-refractivity contribution in [2.75, 3.05) is 55.6 Å². The van der Waals surface area contributed by atoms with Gasteiger partial charge in [-0.15, -0.1) is 0 Å². The van der Waals surface area contributed by atoms with Crippen LogP contribution in [0.3, 0.4) is 0 Å². The molecule has 0 saturated carbocycles. The Morgan fingerprint density at radius 2 is 1.79 bits per heavy atom. The number of aromatic nitrogens is 1. The molecule has 1 amide bonds. The van der Waals surface area contributed by atoms with Crippen molar-refractivity contribution >= 4 is 27.4 Å². The van der Waals surface area contributed by atoms with Crippen LogP contribution in [0.4, 0.5) is 11.5 Å². The van der Waals surface area contributed by atoms with Gasteiger partial charge in [0.15, 0.2) is 0 Å². The summed E-state index contributed by atoms with van der Waals surface area (Å²) in [7, 11) is -1.62. The Morgan fingerprint density at radius 3 is 2.37 bits per heavy atom. The summed E-state index contributed by atoms with van der Waals surface area (Å²) < 4.78 is 25.7. The SMILES string of the molecule is CCC1CN(c2ncc(NS(C)(=O)=O)cc2C)CCN1C1CCN([C@@H](C(=O)NC)c2ccc(C)cc2)CC1. The molecule has 0 radical (unpaired) electrons. The topological polar surface area (TPSA) is 97.9 Å². The lowest BCUT2D eigenvalue weighted by atomic mass is 9.95. The van der Waals surface area contributed by atoms with Crippen LogP contribution in [0.2, 0.25) is 0 Å².